The predicted molar refractivity (Wildman–Crippen MR) is 69.6 cm³/mol. The molecule has 2 heterocycles. The van der Waals surface area contributed by atoms with Crippen molar-refractivity contribution in [1.82, 2.24) is 10.0 Å². The molecule has 2 N–H and O–H groups in total. The Labute approximate surface area is 108 Å². The zero-order valence-electron chi connectivity index (χ0n) is 10.3. The van der Waals surface area contributed by atoms with E-state index in [9.17, 15) is 16.8 Å². The second kappa shape index (κ2) is 5.44. The van der Waals surface area contributed by atoms with Crippen molar-refractivity contribution < 1.29 is 16.8 Å². The molecular weight excluding hydrogens is 276 g/mol. The fourth-order valence-corrected chi connectivity index (χ4v) is 5.85. The molecule has 0 bridgehead atoms. The Morgan fingerprint density at radius 2 is 2.06 bits per heavy atom. The molecule has 106 valence electrons. The van der Waals surface area contributed by atoms with Crippen molar-refractivity contribution in [2.45, 2.75) is 24.5 Å². The largest absolute Gasteiger partial charge is 0.315 e. The van der Waals surface area contributed by atoms with Gasteiger partial charge in [0.05, 0.1) is 16.8 Å². The Morgan fingerprint density at radius 1 is 1.28 bits per heavy atom. The van der Waals surface area contributed by atoms with Crippen LogP contribution in [0.5, 0.6) is 0 Å². The lowest BCUT2D eigenvalue weighted by Gasteiger charge is -2.23. The van der Waals surface area contributed by atoms with Crippen LogP contribution in [0.3, 0.4) is 0 Å². The molecule has 0 radical (unpaired) electrons. The molecule has 2 aliphatic heterocycles. The summed E-state index contributed by atoms with van der Waals surface area (Å²) in [6.07, 6.45) is 2.10. The molecule has 0 aromatic heterocycles. The summed E-state index contributed by atoms with van der Waals surface area (Å²) in [5.41, 5.74) is 0. The van der Waals surface area contributed by atoms with Gasteiger partial charge in [-0.05, 0) is 31.7 Å². The molecule has 0 aromatic rings. The molecule has 2 atom stereocenters. The molecule has 0 aliphatic carbocycles. The third kappa shape index (κ3) is 3.66. The molecule has 2 unspecified atom stereocenters. The van der Waals surface area contributed by atoms with Crippen LogP contribution in [0, 0.1) is 5.92 Å². The van der Waals surface area contributed by atoms with Crippen LogP contribution >= 0.6 is 0 Å². The van der Waals surface area contributed by atoms with Crippen molar-refractivity contribution in [3.8, 4) is 0 Å². The Morgan fingerprint density at radius 3 is 2.61 bits per heavy atom. The van der Waals surface area contributed by atoms with E-state index in [1.165, 1.54) is 0 Å². The van der Waals surface area contributed by atoms with E-state index in [0.29, 0.717) is 19.4 Å². The Kier molecular flexibility index (Phi) is 4.30. The van der Waals surface area contributed by atoms with Gasteiger partial charge in [-0.2, -0.15) is 0 Å². The van der Waals surface area contributed by atoms with Gasteiger partial charge in [-0.25, -0.2) is 21.6 Å². The molecule has 18 heavy (non-hydrogen) atoms. The fraction of sp³-hybridized carbons (Fsp3) is 1.00. The first-order chi connectivity index (χ1) is 8.39. The molecule has 0 aromatic carbocycles. The minimum atomic E-state index is -3.32. The lowest BCUT2D eigenvalue weighted by atomic mass is 10.1. The van der Waals surface area contributed by atoms with E-state index in [0.717, 1.165) is 13.0 Å². The molecule has 2 fully saturated rings. The van der Waals surface area contributed by atoms with Crippen LogP contribution in [0.2, 0.25) is 0 Å². The summed E-state index contributed by atoms with van der Waals surface area (Å²) in [5.74, 6) is 0.226. The molecular formula is C10H20N2O4S2. The van der Waals surface area contributed by atoms with Crippen LogP contribution in [0.4, 0.5) is 0 Å². The van der Waals surface area contributed by atoms with Crippen molar-refractivity contribution in [1.29, 1.82) is 0 Å². The lowest BCUT2D eigenvalue weighted by Crippen LogP contribution is -2.45. The minimum Gasteiger partial charge on any atom is -0.315 e. The summed E-state index contributed by atoms with van der Waals surface area (Å²) >= 11 is 0. The normalized spacial score (nSPS) is 32.4. The summed E-state index contributed by atoms with van der Waals surface area (Å²) in [6, 6.07) is 0. The average Bonchev–Trinajstić information content (AvgIpc) is 2.68. The van der Waals surface area contributed by atoms with Crippen molar-refractivity contribution in [3.63, 3.8) is 0 Å². The molecule has 2 saturated heterocycles. The average molecular weight is 296 g/mol. The number of sulfone groups is 1. The van der Waals surface area contributed by atoms with Gasteiger partial charge in [0, 0.05) is 13.1 Å². The first kappa shape index (κ1) is 14.2. The van der Waals surface area contributed by atoms with E-state index in [-0.39, 0.29) is 29.2 Å². The first-order valence-corrected chi connectivity index (χ1v) is 9.65. The van der Waals surface area contributed by atoms with Gasteiger partial charge >= 0.3 is 0 Å². The monoisotopic (exact) mass is 296 g/mol. The second-order valence-electron chi connectivity index (χ2n) is 5.13. The number of rotatable bonds is 4. The van der Waals surface area contributed by atoms with Crippen LogP contribution in [-0.4, -0.2) is 53.2 Å². The van der Waals surface area contributed by atoms with Crippen molar-refractivity contribution >= 4 is 19.9 Å². The van der Waals surface area contributed by atoms with Crippen LogP contribution in [0.15, 0.2) is 0 Å². The molecule has 0 amide bonds. The highest BCUT2D eigenvalue weighted by molar-refractivity contribution is 7.91. The quantitative estimate of drug-likeness (QED) is 0.701. The number of sulfonamides is 1. The summed E-state index contributed by atoms with van der Waals surface area (Å²) in [4.78, 5) is 0. The van der Waals surface area contributed by atoms with Gasteiger partial charge in [0.15, 0.2) is 9.84 Å². The third-order valence-corrected chi connectivity index (χ3v) is 7.28. The molecule has 6 nitrogen and oxygen atoms in total. The standard InChI is InChI=1S/C10H20N2O4S2/c13-17(14)5-3-9(8-17)6-12-18(15,16)10-2-1-4-11-7-10/h9-12H,1-8H2. The van der Waals surface area contributed by atoms with E-state index in [1.54, 1.807) is 0 Å². The van der Waals surface area contributed by atoms with E-state index in [4.69, 9.17) is 0 Å². The van der Waals surface area contributed by atoms with Crippen LogP contribution in [0.25, 0.3) is 0 Å². The fourth-order valence-electron chi connectivity index (χ4n) is 2.47. The van der Waals surface area contributed by atoms with Crippen LogP contribution in [-0.2, 0) is 19.9 Å². The predicted octanol–water partition coefficient (Wildman–Crippen LogP) is -0.907. The highest BCUT2D eigenvalue weighted by Gasteiger charge is 2.31. The highest BCUT2D eigenvalue weighted by Crippen LogP contribution is 2.18. The Bertz CT molecular complexity index is 480. The topological polar surface area (TPSA) is 92.3 Å². The Hall–Kier alpha value is -0.180. The van der Waals surface area contributed by atoms with Gasteiger partial charge in [0.1, 0.15) is 0 Å². The minimum absolute atomic E-state index is 0.0682. The SMILES string of the molecule is O=S1(=O)CCC(CNS(=O)(=O)C2CCCNC2)C1. The lowest BCUT2D eigenvalue weighted by molar-refractivity contribution is 0.482. The second-order valence-corrected chi connectivity index (χ2v) is 9.40. The van der Waals surface area contributed by atoms with Gasteiger partial charge in [0.2, 0.25) is 10.0 Å². The van der Waals surface area contributed by atoms with Gasteiger partial charge < -0.3 is 5.32 Å². The van der Waals surface area contributed by atoms with Crippen molar-refractivity contribution in [2.75, 3.05) is 31.1 Å². The van der Waals surface area contributed by atoms with E-state index >= 15 is 0 Å². The van der Waals surface area contributed by atoms with Gasteiger partial charge in [-0.3, -0.25) is 0 Å². The van der Waals surface area contributed by atoms with Gasteiger partial charge in [0.25, 0.3) is 0 Å². The maximum Gasteiger partial charge on any atom is 0.215 e. The summed E-state index contributed by atoms with van der Waals surface area (Å²) in [6.45, 7) is 1.60. The zero-order chi connectivity index (χ0) is 13.2. The van der Waals surface area contributed by atoms with Crippen molar-refractivity contribution in [3.05, 3.63) is 0 Å². The number of piperidine rings is 1. The smallest absolute Gasteiger partial charge is 0.215 e. The number of nitrogens with one attached hydrogen (secondary N) is 2. The Balaban J connectivity index is 1.85. The van der Waals surface area contributed by atoms with Gasteiger partial charge in [-0.1, -0.05) is 0 Å². The van der Waals surface area contributed by atoms with E-state index in [1.807, 2.05) is 0 Å². The molecule has 2 aliphatic rings. The molecule has 0 saturated carbocycles. The maximum absolute atomic E-state index is 12.0. The molecule has 0 spiro atoms. The third-order valence-electron chi connectivity index (χ3n) is 3.59. The summed E-state index contributed by atoms with van der Waals surface area (Å²) in [5, 5.41) is 2.68. The van der Waals surface area contributed by atoms with E-state index in [2.05, 4.69) is 10.0 Å². The maximum atomic E-state index is 12.0. The number of hydrogen-bond donors (Lipinski definition) is 2. The molecule has 2 rings (SSSR count). The number of hydrogen-bond acceptors (Lipinski definition) is 5. The first-order valence-electron chi connectivity index (χ1n) is 6.29. The summed E-state index contributed by atoms with van der Waals surface area (Å²) < 4.78 is 49.1. The van der Waals surface area contributed by atoms with Crippen molar-refractivity contribution in [2.24, 2.45) is 5.92 Å². The highest BCUT2D eigenvalue weighted by atomic mass is 32.2. The van der Waals surface area contributed by atoms with Gasteiger partial charge in [-0.15, -0.1) is 0 Å². The van der Waals surface area contributed by atoms with Crippen LogP contribution in [0.1, 0.15) is 19.3 Å². The zero-order valence-corrected chi connectivity index (χ0v) is 11.9. The molecule has 8 heteroatoms. The summed E-state index contributed by atoms with van der Waals surface area (Å²) in [7, 11) is -6.25. The van der Waals surface area contributed by atoms with Crippen LogP contribution < -0.4 is 10.0 Å². The van der Waals surface area contributed by atoms with E-state index < -0.39 is 19.9 Å².